The van der Waals surface area contributed by atoms with Crippen molar-refractivity contribution in [2.75, 3.05) is 13.2 Å². The minimum absolute atomic E-state index is 0.145. The maximum absolute atomic E-state index is 11.9. The number of nitrogens with one attached hydrogen (secondary N) is 1. The van der Waals surface area contributed by atoms with E-state index in [0.29, 0.717) is 53.4 Å². The molecule has 34 heavy (non-hydrogen) atoms. The first-order chi connectivity index (χ1) is 16.2. The lowest BCUT2D eigenvalue weighted by Crippen LogP contribution is -2.61. The van der Waals surface area contributed by atoms with E-state index in [1.807, 2.05) is 0 Å². The van der Waals surface area contributed by atoms with Crippen molar-refractivity contribution < 1.29 is 19.4 Å². The summed E-state index contributed by atoms with van der Waals surface area (Å²) in [5.74, 6) is 2.57. The topological polar surface area (TPSA) is 75.6 Å². The van der Waals surface area contributed by atoms with Gasteiger partial charge in [0.2, 0.25) is 0 Å². The molecule has 2 N–H and O–H groups in total. The Morgan fingerprint density at radius 2 is 1.74 bits per heavy atom. The molecule has 4 aliphatic rings. The average molecular weight is 476 g/mol. The van der Waals surface area contributed by atoms with Crippen LogP contribution in [0.1, 0.15) is 98.8 Å². The highest BCUT2D eigenvalue weighted by Gasteiger charge is 2.64. The van der Waals surface area contributed by atoms with Crippen molar-refractivity contribution in [1.82, 2.24) is 5.32 Å². The first-order valence-corrected chi connectivity index (χ1v) is 14.3. The summed E-state index contributed by atoms with van der Waals surface area (Å²) in [5.41, 5.74) is 0.675. The van der Waals surface area contributed by atoms with Gasteiger partial charge in [0, 0.05) is 6.54 Å². The molecule has 194 valence electrons. The van der Waals surface area contributed by atoms with Crippen molar-refractivity contribution in [3.8, 4) is 0 Å². The van der Waals surface area contributed by atoms with Gasteiger partial charge in [0.05, 0.1) is 12.7 Å². The van der Waals surface area contributed by atoms with Gasteiger partial charge in [-0.15, -0.1) is 0 Å². The molecule has 10 atom stereocenters. The Balaban J connectivity index is 1.46. The zero-order valence-electron chi connectivity index (χ0n) is 22.3. The van der Waals surface area contributed by atoms with Gasteiger partial charge in [-0.3, -0.25) is 4.79 Å². The van der Waals surface area contributed by atoms with Crippen molar-refractivity contribution in [3.63, 3.8) is 0 Å². The molecule has 5 heteroatoms. The molecule has 0 aliphatic heterocycles. The van der Waals surface area contributed by atoms with Crippen molar-refractivity contribution in [2.45, 2.75) is 105 Å². The van der Waals surface area contributed by atoms with E-state index in [1.54, 1.807) is 6.92 Å². The summed E-state index contributed by atoms with van der Waals surface area (Å²) in [4.78, 5) is 23.5. The van der Waals surface area contributed by atoms with E-state index in [4.69, 9.17) is 4.74 Å². The Morgan fingerprint density at radius 1 is 1.00 bits per heavy atom. The third-order valence-electron chi connectivity index (χ3n) is 11.4. The number of fused-ring (bicyclic) bond motifs is 5. The molecule has 4 saturated carbocycles. The predicted octanol–water partition coefficient (Wildman–Crippen LogP) is 5.35. The first kappa shape index (κ1) is 26.0. The third-order valence-corrected chi connectivity index (χ3v) is 11.4. The number of amides is 1. The monoisotopic (exact) mass is 475 g/mol. The van der Waals surface area contributed by atoms with Crippen LogP contribution in [0.3, 0.4) is 0 Å². The van der Waals surface area contributed by atoms with E-state index in [0.717, 1.165) is 12.8 Å². The zero-order chi connectivity index (χ0) is 24.7. The van der Waals surface area contributed by atoms with E-state index in [-0.39, 0.29) is 18.1 Å². The number of aliphatic hydroxyl groups excluding tert-OH is 1. The van der Waals surface area contributed by atoms with Gasteiger partial charge in [-0.1, -0.05) is 47.0 Å². The van der Waals surface area contributed by atoms with Crippen LogP contribution in [0.15, 0.2) is 0 Å². The summed E-state index contributed by atoms with van der Waals surface area (Å²) in [6, 6.07) is 0. The number of hydrogen-bond donors (Lipinski definition) is 2. The highest BCUT2D eigenvalue weighted by atomic mass is 16.5. The molecule has 0 aromatic rings. The van der Waals surface area contributed by atoms with Crippen molar-refractivity contribution in [2.24, 2.45) is 52.3 Å². The lowest BCUT2D eigenvalue weighted by atomic mass is 9.41. The molecule has 0 aromatic carbocycles. The number of rotatable bonds is 6. The number of carbonyl (C=O) groups is 2. The van der Waals surface area contributed by atoms with Gasteiger partial charge < -0.3 is 15.2 Å². The van der Waals surface area contributed by atoms with Crippen LogP contribution in [0.25, 0.3) is 0 Å². The molecule has 0 spiro atoms. The lowest BCUT2D eigenvalue weighted by molar-refractivity contribution is -0.194. The third kappa shape index (κ3) is 4.22. The number of esters is 1. The maximum atomic E-state index is 11.9. The summed E-state index contributed by atoms with van der Waals surface area (Å²) in [6.45, 7) is 12.2. The van der Waals surface area contributed by atoms with Crippen LogP contribution < -0.4 is 5.32 Å². The molecular formula is C29H49NO4. The second kappa shape index (κ2) is 10.1. The minimum Gasteiger partial charge on any atom is -0.459 e. The van der Waals surface area contributed by atoms with Crippen LogP contribution >= 0.6 is 0 Å². The van der Waals surface area contributed by atoms with Crippen LogP contribution in [-0.4, -0.2) is 36.2 Å². The SMILES string of the molecule is CCOC(=O)C(=O)NCC[C@@H](C)[C@H]1CC[C@H]2[C@@H]3[C@H](O)[C@H](CC)[C@@H]4CCCC[C@]4(C)[C@H]3CC[C@]12C. The van der Waals surface area contributed by atoms with Crippen molar-refractivity contribution >= 4 is 11.9 Å². The molecule has 4 fully saturated rings. The van der Waals surface area contributed by atoms with E-state index in [9.17, 15) is 14.7 Å². The summed E-state index contributed by atoms with van der Waals surface area (Å²) in [5, 5.41) is 14.6. The van der Waals surface area contributed by atoms with Crippen LogP contribution in [-0.2, 0) is 14.3 Å². The number of ether oxygens (including phenoxy) is 1. The predicted molar refractivity (Wildman–Crippen MR) is 134 cm³/mol. The number of aliphatic hydroxyl groups is 1. The van der Waals surface area contributed by atoms with Crippen LogP contribution in [0.4, 0.5) is 0 Å². The molecule has 0 bridgehead atoms. The summed E-state index contributed by atoms with van der Waals surface area (Å²) < 4.78 is 4.80. The maximum Gasteiger partial charge on any atom is 0.396 e. The lowest BCUT2D eigenvalue weighted by Gasteiger charge is -2.64. The molecule has 0 saturated heterocycles. The quantitative estimate of drug-likeness (QED) is 0.401. The highest BCUT2D eigenvalue weighted by Crippen LogP contribution is 2.69. The summed E-state index contributed by atoms with van der Waals surface area (Å²) >= 11 is 0. The largest absolute Gasteiger partial charge is 0.459 e. The molecule has 5 nitrogen and oxygen atoms in total. The Labute approximate surface area is 207 Å². The van der Waals surface area contributed by atoms with E-state index >= 15 is 0 Å². The van der Waals surface area contributed by atoms with Crippen molar-refractivity contribution in [1.29, 1.82) is 0 Å². The van der Waals surface area contributed by atoms with Crippen molar-refractivity contribution in [3.05, 3.63) is 0 Å². The Morgan fingerprint density at radius 3 is 2.44 bits per heavy atom. The molecule has 4 rings (SSSR count). The Kier molecular flexibility index (Phi) is 7.72. The fourth-order valence-electron chi connectivity index (χ4n) is 9.90. The fraction of sp³-hybridized carbons (Fsp3) is 0.931. The van der Waals surface area contributed by atoms with Gasteiger partial charge in [-0.25, -0.2) is 4.79 Å². The molecule has 0 heterocycles. The number of hydrogen-bond acceptors (Lipinski definition) is 4. The van der Waals surface area contributed by atoms with Gasteiger partial charge in [-0.2, -0.15) is 0 Å². The van der Waals surface area contributed by atoms with E-state index in [1.165, 1.54) is 51.4 Å². The molecule has 1 amide bonds. The molecule has 0 unspecified atom stereocenters. The van der Waals surface area contributed by atoms with E-state index in [2.05, 4.69) is 33.0 Å². The zero-order valence-corrected chi connectivity index (χ0v) is 22.3. The molecular weight excluding hydrogens is 426 g/mol. The van der Waals surface area contributed by atoms with Gasteiger partial charge >= 0.3 is 11.9 Å². The van der Waals surface area contributed by atoms with Gasteiger partial charge in [0.25, 0.3) is 0 Å². The summed E-state index contributed by atoms with van der Waals surface area (Å²) in [7, 11) is 0. The van der Waals surface area contributed by atoms with Crippen LogP contribution in [0, 0.1) is 52.3 Å². The van der Waals surface area contributed by atoms with E-state index < -0.39 is 11.9 Å². The van der Waals surface area contributed by atoms with Gasteiger partial charge in [0.1, 0.15) is 0 Å². The smallest absolute Gasteiger partial charge is 0.396 e. The van der Waals surface area contributed by atoms with Crippen LogP contribution in [0.5, 0.6) is 0 Å². The Hall–Kier alpha value is -1.10. The molecule has 0 radical (unpaired) electrons. The van der Waals surface area contributed by atoms with Gasteiger partial charge in [0.15, 0.2) is 0 Å². The molecule has 0 aromatic heterocycles. The second-order valence-electron chi connectivity index (χ2n) is 12.7. The summed E-state index contributed by atoms with van der Waals surface area (Å²) in [6.07, 6.45) is 12.2. The minimum atomic E-state index is -0.785. The standard InChI is InChI=1S/C29H49NO4/c1-6-19-21-10-8-9-15-28(21,4)23-13-16-29(5)20(11-12-22(29)24(23)25(19)31)18(3)14-17-30-26(32)27(33)34-7-2/h18-25,31H,6-17H2,1-5H3,(H,30,32)/t18-,19-,20-,21+,22+,23+,24+,25-,28+,29-/m1/s1. The van der Waals surface area contributed by atoms with Gasteiger partial charge in [-0.05, 0) is 104 Å². The highest BCUT2D eigenvalue weighted by molar-refractivity contribution is 6.32. The second-order valence-corrected chi connectivity index (χ2v) is 12.7. The van der Waals surface area contributed by atoms with Crippen LogP contribution in [0.2, 0.25) is 0 Å². The Bertz CT molecular complexity index is 754. The fourth-order valence-corrected chi connectivity index (χ4v) is 9.90. The average Bonchev–Trinajstić information content (AvgIpc) is 3.16. The molecule has 4 aliphatic carbocycles. The first-order valence-electron chi connectivity index (χ1n) is 14.3. The number of carbonyl (C=O) groups excluding carboxylic acids is 2. The normalized spacial score (nSPS) is 44.4.